The first-order valence-electron chi connectivity index (χ1n) is 13.4. The Bertz CT molecular complexity index is 1530. The van der Waals surface area contributed by atoms with Gasteiger partial charge in [0.1, 0.15) is 5.65 Å². The summed E-state index contributed by atoms with van der Waals surface area (Å²) in [7, 11) is 0. The summed E-state index contributed by atoms with van der Waals surface area (Å²) in [6.07, 6.45) is 5.37. The Morgan fingerprint density at radius 1 is 1.05 bits per heavy atom. The first-order chi connectivity index (χ1) is 19.3. The van der Waals surface area contributed by atoms with Crippen LogP contribution in [0.5, 0.6) is 0 Å². The van der Waals surface area contributed by atoms with Crippen molar-refractivity contribution in [2.75, 3.05) is 25.0 Å². The van der Waals surface area contributed by atoms with Gasteiger partial charge in [-0.2, -0.15) is 4.98 Å². The maximum absolute atomic E-state index is 12.9. The van der Waals surface area contributed by atoms with E-state index in [9.17, 15) is 9.59 Å². The molecule has 0 radical (unpaired) electrons. The molecule has 0 aliphatic rings. The van der Waals surface area contributed by atoms with E-state index in [1.807, 2.05) is 42.5 Å². The quantitative estimate of drug-likeness (QED) is 0.0850. The van der Waals surface area contributed by atoms with Crippen molar-refractivity contribution in [3.05, 3.63) is 76.3 Å². The number of anilines is 1. The summed E-state index contributed by atoms with van der Waals surface area (Å²) >= 11 is 0. The minimum Gasteiger partial charge on any atom is -0.370 e. The van der Waals surface area contributed by atoms with Gasteiger partial charge < -0.3 is 32.8 Å². The van der Waals surface area contributed by atoms with Crippen LogP contribution in [0.25, 0.3) is 28.0 Å². The average molecular weight is 544 g/mol. The number of aryl methyl sites for hydroxylation is 1. The number of fused-ring (bicyclic) bond motifs is 1. The second kappa shape index (κ2) is 13.5. The highest BCUT2D eigenvalue weighted by Crippen LogP contribution is 2.28. The molecule has 0 fully saturated rings. The Hall–Kier alpha value is -4.48. The molecular formula is C29H37N9O2. The molecule has 0 spiro atoms. The third-order valence-electron chi connectivity index (χ3n) is 6.40. The van der Waals surface area contributed by atoms with Crippen molar-refractivity contribution in [3.8, 4) is 16.9 Å². The lowest BCUT2D eigenvalue weighted by molar-refractivity contribution is -0.114. The maximum atomic E-state index is 12.9. The van der Waals surface area contributed by atoms with Crippen LogP contribution in [-0.4, -0.2) is 46.0 Å². The first kappa shape index (κ1) is 28.5. The molecule has 0 saturated heterocycles. The first-order valence-corrected chi connectivity index (χ1v) is 13.4. The van der Waals surface area contributed by atoms with Gasteiger partial charge in [0.25, 0.3) is 0 Å². The van der Waals surface area contributed by atoms with Crippen molar-refractivity contribution in [2.24, 2.45) is 22.2 Å². The molecule has 11 heteroatoms. The van der Waals surface area contributed by atoms with Gasteiger partial charge in [-0.05, 0) is 86.3 Å². The number of carbonyl (C=O) groups is 1. The number of carbonyl (C=O) groups excluding carboxylic acids is 1. The number of aromatic nitrogens is 3. The summed E-state index contributed by atoms with van der Waals surface area (Å²) in [6.45, 7) is 4.20. The number of hydrogen-bond donors (Lipinski definition) is 6. The molecule has 0 aliphatic carbocycles. The average Bonchev–Trinajstić information content (AvgIpc) is 3.33. The second-order valence-corrected chi connectivity index (χ2v) is 9.73. The number of benzene rings is 2. The molecule has 2 aromatic carbocycles. The summed E-state index contributed by atoms with van der Waals surface area (Å²) in [6, 6.07) is 15.7. The predicted octanol–water partition coefficient (Wildman–Crippen LogP) is 2.37. The molecule has 11 nitrogen and oxygen atoms in total. The van der Waals surface area contributed by atoms with Crippen molar-refractivity contribution in [2.45, 2.75) is 39.2 Å². The van der Waals surface area contributed by atoms with Crippen LogP contribution in [-0.2, 0) is 17.8 Å². The van der Waals surface area contributed by atoms with Crippen LogP contribution in [0.1, 0.15) is 37.3 Å². The fourth-order valence-electron chi connectivity index (χ4n) is 4.49. The van der Waals surface area contributed by atoms with Crippen LogP contribution in [0.15, 0.2) is 64.5 Å². The predicted molar refractivity (Wildman–Crippen MR) is 160 cm³/mol. The maximum Gasteiger partial charge on any atom is 0.354 e. The summed E-state index contributed by atoms with van der Waals surface area (Å²) in [5.74, 6) is -0.0289. The zero-order chi connectivity index (χ0) is 28.5. The van der Waals surface area contributed by atoms with Gasteiger partial charge in [-0.3, -0.25) is 14.4 Å². The Morgan fingerprint density at radius 3 is 2.58 bits per heavy atom. The lowest BCUT2D eigenvalue weighted by Gasteiger charge is -2.09. The van der Waals surface area contributed by atoms with E-state index >= 15 is 0 Å². The number of rotatable bonds is 13. The van der Waals surface area contributed by atoms with Crippen molar-refractivity contribution < 1.29 is 4.79 Å². The van der Waals surface area contributed by atoms with Gasteiger partial charge in [0.2, 0.25) is 5.91 Å². The van der Waals surface area contributed by atoms with E-state index in [4.69, 9.17) is 17.2 Å². The highest BCUT2D eigenvalue weighted by molar-refractivity contribution is 5.90. The highest BCUT2D eigenvalue weighted by Gasteiger charge is 2.11. The van der Waals surface area contributed by atoms with Crippen molar-refractivity contribution in [3.63, 3.8) is 0 Å². The molecule has 0 unspecified atom stereocenters. The molecule has 1 amide bonds. The summed E-state index contributed by atoms with van der Waals surface area (Å²) in [5, 5.41) is 7.04. The third-order valence-corrected chi connectivity index (χ3v) is 6.40. The molecule has 0 atom stereocenters. The van der Waals surface area contributed by atoms with E-state index in [1.54, 1.807) is 10.8 Å². The Kier molecular flexibility index (Phi) is 9.66. The van der Waals surface area contributed by atoms with Crippen LogP contribution in [0.4, 0.5) is 5.69 Å². The number of unbranched alkanes of at least 4 members (excludes halogenated alkanes) is 1. The lowest BCUT2D eigenvalue weighted by Crippen LogP contribution is -2.23. The fourth-order valence-corrected chi connectivity index (χ4v) is 4.49. The van der Waals surface area contributed by atoms with Gasteiger partial charge in [-0.15, -0.1) is 0 Å². The summed E-state index contributed by atoms with van der Waals surface area (Å²) in [5.41, 5.74) is 21.8. The molecule has 0 bridgehead atoms. The molecule has 40 heavy (non-hydrogen) atoms. The standard InChI is InChI=1S/C29H37N9O2/c1-19(39)35-24-14-21(5-2-3-10-30)13-22(15-24)26-16-23-18-38(29(40)37-27(23)36-26)25-8-6-20(7-9-25)17-33-11-4-12-34-28(31)32/h6-9,13-16,18,33H,2-5,10-12,17,30H2,1H3,(H,35,39)(H4,31,32,34)(H,36,37,40). The van der Waals surface area contributed by atoms with E-state index in [1.165, 1.54) is 6.92 Å². The van der Waals surface area contributed by atoms with Gasteiger partial charge in [-0.1, -0.05) is 12.1 Å². The van der Waals surface area contributed by atoms with Gasteiger partial charge in [0, 0.05) is 48.5 Å². The minimum absolute atomic E-state index is 0.105. The van der Waals surface area contributed by atoms with Crippen molar-refractivity contribution in [1.82, 2.24) is 19.9 Å². The molecule has 2 heterocycles. The van der Waals surface area contributed by atoms with E-state index in [-0.39, 0.29) is 17.6 Å². The van der Waals surface area contributed by atoms with E-state index in [0.717, 1.165) is 71.4 Å². The number of nitrogens with zero attached hydrogens (tertiary/aromatic N) is 3. The van der Waals surface area contributed by atoms with Crippen LogP contribution in [0, 0.1) is 0 Å². The number of guanidine groups is 1. The van der Waals surface area contributed by atoms with Crippen LogP contribution in [0.3, 0.4) is 0 Å². The van der Waals surface area contributed by atoms with Gasteiger partial charge >= 0.3 is 5.69 Å². The van der Waals surface area contributed by atoms with Gasteiger partial charge in [-0.25, -0.2) is 4.79 Å². The minimum atomic E-state index is -0.374. The van der Waals surface area contributed by atoms with E-state index in [2.05, 4.69) is 31.7 Å². The highest BCUT2D eigenvalue weighted by atomic mass is 16.1. The van der Waals surface area contributed by atoms with E-state index in [0.29, 0.717) is 25.3 Å². The largest absolute Gasteiger partial charge is 0.370 e. The molecule has 9 N–H and O–H groups in total. The zero-order valence-corrected chi connectivity index (χ0v) is 22.7. The number of hydrogen-bond acceptors (Lipinski definition) is 6. The molecule has 0 saturated carbocycles. The number of aliphatic imine (C=N–C) groups is 1. The smallest absolute Gasteiger partial charge is 0.354 e. The topological polar surface area (TPSA) is 182 Å². The van der Waals surface area contributed by atoms with Gasteiger partial charge in [0.15, 0.2) is 5.96 Å². The fraction of sp³-hybridized carbons (Fsp3) is 0.310. The number of aromatic amines is 1. The number of amides is 1. The van der Waals surface area contributed by atoms with E-state index < -0.39 is 0 Å². The zero-order valence-electron chi connectivity index (χ0n) is 22.7. The summed E-state index contributed by atoms with van der Waals surface area (Å²) < 4.78 is 1.54. The van der Waals surface area contributed by atoms with Crippen LogP contribution < -0.4 is 33.5 Å². The normalized spacial score (nSPS) is 11.1. The number of nitrogens with two attached hydrogens (primary N) is 3. The second-order valence-electron chi connectivity index (χ2n) is 9.73. The lowest BCUT2D eigenvalue weighted by atomic mass is 10.0. The van der Waals surface area contributed by atoms with Crippen molar-refractivity contribution >= 4 is 28.6 Å². The molecule has 4 aromatic rings. The third kappa shape index (κ3) is 7.78. The Morgan fingerprint density at radius 2 is 1.85 bits per heavy atom. The molecule has 2 aromatic heterocycles. The Labute approximate surface area is 232 Å². The molecular weight excluding hydrogens is 506 g/mol. The number of H-pyrrole nitrogens is 1. The summed E-state index contributed by atoms with van der Waals surface area (Å²) in [4.78, 5) is 36.1. The number of nitrogens with one attached hydrogen (secondary N) is 3. The van der Waals surface area contributed by atoms with Crippen LogP contribution >= 0.6 is 0 Å². The van der Waals surface area contributed by atoms with Gasteiger partial charge in [0.05, 0.1) is 5.69 Å². The molecule has 4 rings (SSSR count). The molecule has 210 valence electrons. The monoisotopic (exact) mass is 543 g/mol. The Balaban J connectivity index is 1.52. The SMILES string of the molecule is CC(=O)Nc1cc(CCCCN)cc(-c2cc3cn(-c4ccc(CNCCCN=C(N)N)cc4)c(=O)nc3[nH]2)c1. The van der Waals surface area contributed by atoms with Crippen molar-refractivity contribution in [1.29, 1.82) is 0 Å². The van der Waals surface area contributed by atoms with Crippen LogP contribution in [0.2, 0.25) is 0 Å². The molecule has 0 aliphatic heterocycles.